The van der Waals surface area contributed by atoms with Gasteiger partial charge in [0.15, 0.2) is 11.5 Å². The molecule has 0 saturated carbocycles. The highest BCUT2D eigenvalue weighted by atomic mass is 16.5. The third-order valence-corrected chi connectivity index (χ3v) is 4.53. The first-order chi connectivity index (χ1) is 12.7. The van der Waals surface area contributed by atoms with Crippen LogP contribution in [-0.2, 0) is 4.79 Å². The van der Waals surface area contributed by atoms with E-state index in [1.54, 1.807) is 0 Å². The lowest BCUT2D eigenvalue weighted by molar-refractivity contribution is -0.115. The van der Waals surface area contributed by atoms with Crippen LogP contribution in [0.2, 0.25) is 0 Å². The molecule has 0 unspecified atom stereocenters. The highest BCUT2D eigenvalue weighted by Gasteiger charge is 2.25. The van der Waals surface area contributed by atoms with Gasteiger partial charge in [0.25, 0.3) is 0 Å². The zero-order chi connectivity index (χ0) is 17.9. The fourth-order valence-electron chi connectivity index (χ4n) is 3.19. The normalized spacial score (nSPS) is 18.3. The molecule has 1 N–H and O–H groups in total. The first-order valence-electron chi connectivity index (χ1n) is 8.89. The van der Waals surface area contributed by atoms with Crippen molar-refractivity contribution in [1.29, 1.82) is 0 Å². The Hall–Kier alpha value is -2.89. The molecule has 0 spiro atoms. The van der Waals surface area contributed by atoms with Crippen molar-refractivity contribution < 1.29 is 19.0 Å². The summed E-state index contributed by atoms with van der Waals surface area (Å²) >= 11 is 0. The molecule has 1 amide bonds. The minimum Gasteiger partial charge on any atom is -0.490 e. The molecule has 0 aliphatic carbocycles. The summed E-state index contributed by atoms with van der Waals surface area (Å²) in [5.41, 5.74) is 1.65. The molecule has 0 bridgehead atoms. The van der Waals surface area contributed by atoms with E-state index in [1.165, 1.54) is 0 Å². The lowest BCUT2D eigenvalue weighted by atomic mass is 10.1. The summed E-state index contributed by atoms with van der Waals surface area (Å²) in [6.45, 7) is 4.14. The number of hydrogen-bond donors (Lipinski definition) is 1. The van der Waals surface area contributed by atoms with Gasteiger partial charge in [-0.05, 0) is 31.2 Å². The van der Waals surface area contributed by atoms with Gasteiger partial charge in [-0.2, -0.15) is 0 Å². The fourth-order valence-corrected chi connectivity index (χ4v) is 3.19. The Kier molecular flexibility index (Phi) is 4.56. The number of nitrogens with one attached hydrogen (secondary N) is 1. The van der Waals surface area contributed by atoms with E-state index in [9.17, 15) is 4.79 Å². The van der Waals surface area contributed by atoms with E-state index >= 15 is 0 Å². The molecule has 2 aliphatic heterocycles. The Labute approximate surface area is 152 Å². The van der Waals surface area contributed by atoms with Crippen LogP contribution in [0.1, 0.15) is 13.3 Å². The van der Waals surface area contributed by atoms with Gasteiger partial charge in [-0.25, -0.2) is 0 Å². The average Bonchev–Trinajstić information content (AvgIpc) is 2.89. The standard InChI is InChI=1S/C20H22N2O4/c1-14-13-26-17-6-3-2-5-16(17)22(14)12-20(23)21-15-7-8-18-19(11-15)25-10-4-9-24-18/h2-3,5-8,11,14H,4,9-10,12-13H2,1H3,(H,21,23)/t14-/m1/s1. The Morgan fingerprint density at radius 1 is 1.08 bits per heavy atom. The van der Waals surface area contributed by atoms with Crippen LogP contribution in [0.15, 0.2) is 42.5 Å². The van der Waals surface area contributed by atoms with Crippen molar-refractivity contribution in [2.24, 2.45) is 0 Å². The average molecular weight is 354 g/mol. The predicted molar refractivity (Wildman–Crippen MR) is 99.4 cm³/mol. The maximum Gasteiger partial charge on any atom is 0.243 e. The Morgan fingerprint density at radius 2 is 1.88 bits per heavy atom. The van der Waals surface area contributed by atoms with E-state index in [4.69, 9.17) is 14.2 Å². The molecule has 0 saturated heterocycles. The maximum absolute atomic E-state index is 12.6. The fraction of sp³-hybridized carbons (Fsp3) is 0.350. The Balaban J connectivity index is 1.47. The smallest absolute Gasteiger partial charge is 0.243 e. The second-order valence-electron chi connectivity index (χ2n) is 6.52. The molecule has 0 fully saturated rings. The van der Waals surface area contributed by atoms with Gasteiger partial charge in [0.05, 0.1) is 31.5 Å². The zero-order valence-corrected chi connectivity index (χ0v) is 14.7. The molecule has 2 aliphatic rings. The van der Waals surface area contributed by atoms with Crippen LogP contribution in [0.25, 0.3) is 0 Å². The van der Waals surface area contributed by atoms with Gasteiger partial charge in [0.2, 0.25) is 5.91 Å². The van der Waals surface area contributed by atoms with Gasteiger partial charge in [-0.15, -0.1) is 0 Å². The first-order valence-corrected chi connectivity index (χ1v) is 8.89. The van der Waals surface area contributed by atoms with Crippen molar-refractivity contribution >= 4 is 17.3 Å². The van der Waals surface area contributed by atoms with E-state index in [-0.39, 0.29) is 18.5 Å². The van der Waals surface area contributed by atoms with Gasteiger partial charge in [0.1, 0.15) is 12.4 Å². The van der Waals surface area contributed by atoms with Crippen LogP contribution >= 0.6 is 0 Å². The largest absolute Gasteiger partial charge is 0.490 e. The molecular formula is C20H22N2O4. The summed E-state index contributed by atoms with van der Waals surface area (Å²) in [5.74, 6) is 2.12. The van der Waals surface area contributed by atoms with Gasteiger partial charge in [0, 0.05) is 18.2 Å². The topological polar surface area (TPSA) is 60.0 Å². The minimum absolute atomic E-state index is 0.0805. The van der Waals surface area contributed by atoms with Crippen LogP contribution in [0.3, 0.4) is 0 Å². The Bertz CT molecular complexity index is 808. The number of carbonyl (C=O) groups excluding carboxylic acids is 1. The summed E-state index contributed by atoms with van der Waals surface area (Å²) in [6.07, 6.45) is 0.852. The lowest BCUT2D eigenvalue weighted by Crippen LogP contribution is -2.45. The van der Waals surface area contributed by atoms with Crippen molar-refractivity contribution in [2.75, 3.05) is 36.6 Å². The maximum atomic E-state index is 12.6. The summed E-state index contributed by atoms with van der Waals surface area (Å²) in [5, 5.41) is 2.95. The van der Waals surface area contributed by atoms with E-state index in [2.05, 4.69) is 17.1 Å². The van der Waals surface area contributed by atoms with Crippen LogP contribution < -0.4 is 24.4 Å². The van der Waals surface area contributed by atoms with Gasteiger partial charge < -0.3 is 24.4 Å². The molecule has 6 nitrogen and oxygen atoms in total. The highest BCUT2D eigenvalue weighted by Crippen LogP contribution is 2.34. The SMILES string of the molecule is C[C@@H]1COc2ccccc2N1CC(=O)Nc1ccc2c(c1)OCCCO2. The number of nitrogens with zero attached hydrogens (tertiary/aromatic N) is 1. The number of carbonyl (C=O) groups is 1. The van der Waals surface area contributed by atoms with E-state index in [0.29, 0.717) is 31.3 Å². The molecule has 4 rings (SSSR count). The third-order valence-electron chi connectivity index (χ3n) is 4.53. The molecule has 136 valence electrons. The molecule has 26 heavy (non-hydrogen) atoms. The summed E-state index contributed by atoms with van der Waals surface area (Å²) in [6, 6.07) is 13.4. The van der Waals surface area contributed by atoms with Gasteiger partial charge >= 0.3 is 0 Å². The summed E-state index contributed by atoms with van der Waals surface area (Å²) < 4.78 is 17.0. The van der Waals surface area contributed by atoms with Gasteiger partial charge in [-0.3, -0.25) is 4.79 Å². The Morgan fingerprint density at radius 3 is 2.77 bits per heavy atom. The molecule has 2 heterocycles. The molecule has 0 aromatic heterocycles. The monoisotopic (exact) mass is 354 g/mol. The highest BCUT2D eigenvalue weighted by molar-refractivity contribution is 5.94. The molecule has 2 aromatic carbocycles. The summed E-state index contributed by atoms with van der Waals surface area (Å²) in [4.78, 5) is 14.7. The van der Waals surface area contributed by atoms with Crippen molar-refractivity contribution in [1.82, 2.24) is 0 Å². The number of fused-ring (bicyclic) bond motifs is 2. The number of rotatable bonds is 3. The van der Waals surface area contributed by atoms with Crippen LogP contribution in [0.5, 0.6) is 17.2 Å². The summed E-state index contributed by atoms with van der Waals surface area (Å²) in [7, 11) is 0. The second kappa shape index (κ2) is 7.15. The number of para-hydroxylation sites is 2. The number of hydrogen-bond acceptors (Lipinski definition) is 5. The lowest BCUT2D eigenvalue weighted by Gasteiger charge is -2.36. The van der Waals surface area contributed by atoms with Crippen LogP contribution in [0, 0.1) is 0 Å². The zero-order valence-electron chi connectivity index (χ0n) is 14.7. The predicted octanol–water partition coefficient (Wildman–Crippen LogP) is 3.07. The van der Waals surface area contributed by atoms with Crippen LogP contribution in [0.4, 0.5) is 11.4 Å². The van der Waals surface area contributed by atoms with E-state index in [0.717, 1.165) is 23.6 Å². The number of benzene rings is 2. The van der Waals surface area contributed by atoms with Gasteiger partial charge in [-0.1, -0.05) is 12.1 Å². The third kappa shape index (κ3) is 3.40. The molecule has 2 aromatic rings. The van der Waals surface area contributed by atoms with E-state index < -0.39 is 0 Å². The van der Waals surface area contributed by atoms with Crippen molar-refractivity contribution in [3.63, 3.8) is 0 Å². The molecule has 1 atom stereocenters. The van der Waals surface area contributed by atoms with Crippen molar-refractivity contribution in [2.45, 2.75) is 19.4 Å². The molecule has 6 heteroatoms. The number of anilines is 2. The number of amides is 1. The first kappa shape index (κ1) is 16.6. The number of ether oxygens (including phenoxy) is 3. The van der Waals surface area contributed by atoms with Crippen molar-refractivity contribution in [3.05, 3.63) is 42.5 Å². The van der Waals surface area contributed by atoms with Crippen molar-refractivity contribution in [3.8, 4) is 17.2 Å². The van der Waals surface area contributed by atoms with E-state index in [1.807, 2.05) is 42.5 Å². The second-order valence-corrected chi connectivity index (χ2v) is 6.52. The molecule has 0 radical (unpaired) electrons. The quantitative estimate of drug-likeness (QED) is 0.918. The van der Waals surface area contributed by atoms with Crippen LogP contribution in [-0.4, -0.2) is 38.3 Å². The minimum atomic E-state index is -0.0805. The molecular weight excluding hydrogens is 332 g/mol.